The minimum absolute atomic E-state index is 0.00135. The fourth-order valence-corrected chi connectivity index (χ4v) is 4.26. The predicted molar refractivity (Wildman–Crippen MR) is 130 cm³/mol. The molecule has 1 aromatic heterocycles. The van der Waals surface area contributed by atoms with Gasteiger partial charge in [-0.05, 0) is 44.2 Å². The molecule has 1 atom stereocenters. The standard InChI is InChI=1S/C27H32N4O2/c1-3-20(2)28-25(32)18-21-14-16-30(17-15-21)27(33)24-19-31(23-12-8-5-9-13-23)29-26(24)22-10-6-4-7-11-22/h4-13,19-21H,3,14-18H2,1-2H3,(H,28,32). The lowest BCUT2D eigenvalue weighted by Gasteiger charge is -2.32. The third-order valence-corrected chi connectivity index (χ3v) is 6.41. The number of aromatic nitrogens is 2. The molecular weight excluding hydrogens is 412 g/mol. The van der Waals surface area contributed by atoms with Gasteiger partial charge >= 0.3 is 0 Å². The molecule has 0 spiro atoms. The zero-order valence-electron chi connectivity index (χ0n) is 19.4. The Balaban J connectivity index is 1.49. The Morgan fingerprint density at radius 1 is 1.03 bits per heavy atom. The summed E-state index contributed by atoms with van der Waals surface area (Å²) in [5.41, 5.74) is 3.14. The van der Waals surface area contributed by atoms with Crippen LogP contribution in [0, 0.1) is 5.92 Å². The van der Waals surface area contributed by atoms with Crippen molar-refractivity contribution in [2.24, 2.45) is 5.92 Å². The minimum atomic E-state index is -0.00135. The second-order valence-electron chi connectivity index (χ2n) is 8.85. The monoisotopic (exact) mass is 444 g/mol. The quantitative estimate of drug-likeness (QED) is 0.575. The maximum absolute atomic E-state index is 13.5. The summed E-state index contributed by atoms with van der Waals surface area (Å²) in [6.45, 7) is 5.41. The number of hydrogen-bond donors (Lipinski definition) is 1. The molecule has 0 saturated carbocycles. The van der Waals surface area contributed by atoms with Crippen molar-refractivity contribution in [2.45, 2.75) is 45.6 Å². The van der Waals surface area contributed by atoms with Gasteiger partial charge in [0.2, 0.25) is 5.91 Å². The molecule has 1 N–H and O–H groups in total. The van der Waals surface area contributed by atoms with Crippen molar-refractivity contribution in [1.29, 1.82) is 0 Å². The minimum Gasteiger partial charge on any atom is -0.354 e. The van der Waals surface area contributed by atoms with Gasteiger partial charge in [-0.25, -0.2) is 4.68 Å². The summed E-state index contributed by atoms with van der Waals surface area (Å²) in [7, 11) is 0. The first-order chi connectivity index (χ1) is 16.0. The highest BCUT2D eigenvalue weighted by atomic mass is 16.2. The van der Waals surface area contributed by atoms with E-state index < -0.39 is 0 Å². The molecule has 6 heteroatoms. The second-order valence-corrected chi connectivity index (χ2v) is 8.85. The number of nitrogens with one attached hydrogen (secondary N) is 1. The summed E-state index contributed by atoms with van der Waals surface area (Å²) in [5, 5.41) is 7.82. The van der Waals surface area contributed by atoms with Crippen LogP contribution < -0.4 is 5.32 Å². The topological polar surface area (TPSA) is 67.2 Å². The third-order valence-electron chi connectivity index (χ3n) is 6.41. The van der Waals surface area contributed by atoms with Gasteiger partial charge in [-0.15, -0.1) is 0 Å². The van der Waals surface area contributed by atoms with Crippen molar-refractivity contribution in [3.8, 4) is 16.9 Å². The van der Waals surface area contributed by atoms with Crippen molar-refractivity contribution in [1.82, 2.24) is 20.0 Å². The van der Waals surface area contributed by atoms with Crippen molar-refractivity contribution in [3.05, 3.63) is 72.4 Å². The molecule has 2 amide bonds. The number of para-hydroxylation sites is 1. The van der Waals surface area contributed by atoms with Crippen LogP contribution in [0.3, 0.4) is 0 Å². The summed E-state index contributed by atoms with van der Waals surface area (Å²) < 4.78 is 1.78. The molecule has 4 rings (SSSR count). The van der Waals surface area contributed by atoms with Gasteiger partial charge in [0.05, 0.1) is 11.3 Å². The van der Waals surface area contributed by atoms with Crippen LogP contribution in [0.5, 0.6) is 0 Å². The molecule has 2 aromatic carbocycles. The fourth-order valence-electron chi connectivity index (χ4n) is 4.26. The van der Waals surface area contributed by atoms with Gasteiger partial charge in [-0.3, -0.25) is 9.59 Å². The molecule has 0 aliphatic carbocycles. The van der Waals surface area contributed by atoms with E-state index in [1.54, 1.807) is 4.68 Å². The smallest absolute Gasteiger partial charge is 0.257 e. The normalized spacial score (nSPS) is 15.3. The molecule has 1 aliphatic heterocycles. The van der Waals surface area contributed by atoms with E-state index in [1.165, 1.54) is 0 Å². The van der Waals surface area contributed by atoms with Crippen molar-refractivity contribution >= 4 is 11.8 Å². The van der Waals surface area contributed by atoms with Crippen LogP contribution in [-0.4, -0.2) is 45.6 Å². The molecule has 1 fully saturated rings. The highest BCUT2D eigenvalue weighted by molar-refractivity contribution is 6.00. The Bertz CT molecular complexity index is 1070. The van der Waals surface area contributed by atoms with E-state index in [1.807, 2.05) is 78.7 Å². The number of nitrogens with zero attached hydrogens (tertiary/aromatic N) is 3. The number of amides is 2. The molecule has 33 heavy (non-hydrogen) atoms. The first kappa shape index (κ1) is 22.8. The number of piperidine rings is 1. The molecule has 172 valence electrons. The maximum atomic E-state index is 13.5. The van der Waals surface area contributed by atoms with E-state index in [4.69, 9.17) is 5.10 Å². The first-order valence-electron chi connectivity index (χ1n) is 11.8. The fraction of sp³-hybridized carbons (Fsp3) is 0.370. The highest BCUT2D eigenvalue weighted by Crippen LogP contribution is 2.27. The number of carbonyl (C=O) groups excluding carboxylic acids is 2. The third kappa shape index (κ3) is 5.51. The molecular formula is C27H32N4O2. The Kier molecular flexibility index (Phi) is 7.23. The Morgan fingerprint density at radius 3 is 2.30 bits per heavy atom. The van der Waals surface area contributed by atoms with E-state index in [2.05, 4.69) is 12.2 Å². The van der Waals surface area contributed by atoms with Gasteiger partial charge in [0.25, 0.3) is 5.91 Å². The average molecular weight is 445 g/mol. The molecule has 6 nitrogen and oxygen atoms in total. The molecule has 0 radical (unpaired) electrons. The maximum Gasteiger partial charge on any atom is 0.257 e. The van der Waals surface area contributed by atoms with Crippen LogP contribution in [0.1, 0.15) is 49.9 Å². The zero-order chi connectivity index (χ0) is 23.2. The van der Waals surface area contributed by atoms with E-state index in [0.29, 0.717) is 36.7 Å². The van der Waals surface area contributed by atoms with Gasteiger partial charge in [-0.1, -0.05) is 55.5 Å². The van der Waals surface area contributed by atoms with E-state index in [9.17, 15) is 9.59 Å². The number of hydrogen-bond acceptors (Lipinski definition) is 3. The van der Waals surface area contributed by atoms with Gasteiger partial charge < -0.3 is 10.2 Å². The molecule has 1 unspecified atom stereocenters. The average Bonchev–Trinajstić information content (AvgIpc) is 3.30. The lowest BCUT2D eigenvalue weighted by Crippen LogP contribution is -2.40. The van der Waals surface area contributed by atoms with Crippen LogP contribution in [0.2, 0.25) is 0 Å². The van der Waals surface area contributed by atoms with Crippen LogP contribution in [0.4, 0.5) is 0 Å². The zero-order valence-corrected chi connectivity index (χ0v) is 19.4. The van der Waals surface area contributed by atoms with Gasteiger partial charge in [-0.2, -0.15) is 5.10 Å². The molecule has 0 bridgehead atoms. The van der Waals surface area contributed by atoms with Crippen LogP contribution in [0.25, 0.3) is 16.9 Å². The van der Waals surface area contributed by atoms with Gasteiger partial charge in [0.15, 0.2) is 0 Å². The number of carbonyl (C=O) groups is 2. The number of rotatable bonds is 7. The number of likely N-dealkylation sites (tertiary alicyclic amines) is 1. The van der Waals surface area contributed by atoms with Crippen molar-refractivity contribution < 1.29 is 9.59 Å². The number of benzene rings is 2. The second kappa shape index (κ2) is 10.5. The largest absolute Gasteiger partial charge is 0.354 e. The molecule has 2 heterocycles. The van der Waals surface area contributed by atoms with Crippen molar-refractivity contribution in [3.63, 3.8) is 0 Å². The summed E-state index contributed by atoms with van der Waals surface area (Å²) in [6, 6.07) is 19.9. The molecule has 1 aliphatic rings. The van der Waals surface area contributed by atoms with Gasteiger partial charge in [0, 0.05) is 37.3 Å². The SMILES string of the molecule is CCC(C)NC(=O)CC1CCN(C(=O)c2cn(-c3ccccc3)nc2-c2ccccc2)CC1. The first-order valence-corrected chi connectivity index (χ1v) is 11.8. The molecule has 1 saturated heterocycles. The summed E-state index contributed by atoms with van der Waals surface area (Å²) in [5.74, 6) is 0.432. The van der Waals surface area contributed by atoms with Crippen LogP contribution >= 0.6 is 0 Å². The predicted octanol–water partition coefficient (Wildman–Crippen LogP) is 4.70. The Labute approximate surface area is 195 Å². The van der Waals surface area contributed by atoms with Gasteiger partial charge in [0.1, 0.15) is 5.69 Å². The summed E-state index contributed by atoms with van der Waals surface area (Å²) in [4.78, 5) is 27.7. The van der Waals surface area contributed by atoms with Crippen LogP contribution in [0.15, 0.2) is 66.9 Å². The Morgan fingerprint density at radius 2 is 1.67 bits per heavy atom. The van der Waals surface area contributed by atoms with E-state index >= 15 is 0 Å². The highest BCUT2D eigenvalue weighted by Gasteiger charge is 2.28. The lowest BCUT2D eigenvalue weighted by atomic mass is 9.92. The van der Waals surface area contributed by atoms with E-state index in [0.717, 1.165) is 30.5 Å². The molecule has 3 aromatic rings. The lowest BCUT2D eigenvalue weighted by molar-refractivity contribution is -0.122. The summed E-state index contributed by atoms with van der Waals surface area (Å²) >= 11 is 0. The van der Waals surface area contributed by atoms with E-state index in [-0.39, 0.29) is 17.9 Å². The summed E-state index contributed by atoms with van der Waals surface area (Å²) in [6.07, 6.45) is 4.98. The van der Waals surface area contributed by atoms with Crippen LogP contribution in [-0.2, 0) is 4.79 Å². The Hall–Kier alpha value is -3.41. The van der Waals surface area contributed by atoms with Crippen molar-refractivity contribution in [2.75, 3.05) is 13.1 Å².